The summed E-state index contributed by atoms with van der Waals surface area (Å²) in [6.45, 7) is 8.66. The van der Waals surface area contributed by atoms with Crippen LogP contribution in [0.2, 0.25) is 0 Å². The molecule has 2 nitrogen and oxygen atoms in total. The third kappa shape index (κ3) is 5.54. The molecule has 1 aromatic rings. The molecule has 0 atom stereocenters. The number of aryl methyl sites for hydroxylation is 1. The zero-order valence-electron chi connectivity index (χ0n) is 9.75. The van der Waals surface area contributed by atoms with Crippen LogP contribution in [-0.2, 0) is 6.54 Å². The highest BCUT2D eigenvalue weighted by Gasteiger charge is 2.00. The molecule has 0 radical (unpaired) electrons. The van der Waals surface area contributed by atoms with Crippen LogP contribution >= 0.6 is 23.1 Å². The summed E-state index contributed by atoms with van der Waals surface area (Å²) in [4.78, 5) is 5.59. The van der Waals surface area contributed by atoms with Crippen LogP contribution < -0.4 is 5.32 Å². The molecule has 4 heteroatoms. The van der Waals surface area contributed by atoms with Gasteiger partial charge in [-0.15, -0.1) is 11.3 Å². The van der Waals surface area contributed by atoms with Crippen LogP contribution in [0.15, 0.2) is 5.51 Å². The molecular formula is C11H20N2S2. The maximum Gasteiger partial charge on any atom is 0.0798 e. The van der Waals surface area contributed by atoms with Crippen LogP contribution in [0.4, 0.5) is 0 Å². The molecule has 1 N–H and O–H groups in total. The van der Waals surface area contributed by atoms with Crippen molar-refractivity contribution in [2.45, 2.75) is 27.3 Å². The minimum absolute atomic E-state index is 0.804. The molecule has 15 heavy (non-hydrogen) atoms. The van der Waals surface area contributed by atoms with E-state index in [1.54, 1.807) is 11.3 Å². The smallest absolute Gasteiger partial charge is 0.0798 e. The number of nitrogens with zero attached hydrogens (tertiary/aromatic N) is 1. The summed E-state index contributed by atoms with van der Waals surface area (Å²) in [5.74, 6) is 3.27. The van der Waals surface area contributed by atoms with Crippen molar-refractivity contribution in [1.82, 2.24) is 10.3 Å². The molecular weight excluding hydrogens is 224 g/mol. The van der Waals surface area contributed by atoms with Gasteiger partial charge in [-0.05, 0) is 18.6 Å². The van der Waals surface area contributed by atoms with Gasteiger partial charge in [-0.25, -0.2) is 4.98 Å². The standard InChI is InChI=1S/C11H20N2S2/c1-9(2)7-14-5-4-12-6-11-10(3)13-8-15-11/h8-9,12H,4-7H2,1-3H3. The second-order valence-electron chi connectivity index (χ2n) is 4.01. The third-order valence-electron chi connectivity index (χ3n) is 2.00. The second kappa shape index (κ2) is 7.25. The molecule has 1 heterocycles. The Hall–Kier alpha value is -0.0600. The van der Waals surface area contributed by atoms with E-state index in [1.807, 2.05) is 17.3 Å². The Morgan fingerprint density at radius 3 is 2.93 bits per heavy atom. The lowest BCUT2D eigenvalue weighted by molar-refractivity contribution is 0.729. The molecule has 0 spiro atoms. The third-order valence-corrected chi connectivity index (χ3v) is 4.34. The quantitative estimate of drug-likeness (QED) is 0.747. The van der Waals surface area contributed by atoms with Crippen molar-refractivity contribution in [3.05, 3.63) is 16.1 Å². The van der Waals surface area contributed by atoms with Crippen LogP contribution in [0.25, 0.3) is 0 Å². The molecule has 0 aromatic carbocycles. The van der Waals surface area contributed by atoms with Crippen molar-refractivity contribution in [2.24, 2.45) is 5.92 Å². The predicted octanol–water partition coefficient (Wildman–Crippen LogP) is 2.93. The zero-order valence-corrected chi connectivity index (χ0v) is 11.4. The van der Waals surface area contributed by atoms with Gasteiger partial charge in [-0.3, -0.25) is 0 Å². The summed E-state index contributed by atoms with van der Waals surface area (Å²) < 4.78 is 0. The van der Waals surface area contributed by atoms with E-state index in [0.717, 1.165) is 19.0 Å². The van der Waals surface area contributed by atoms with Gasteiger partial charge in [0, 0.05) is 23.7 Å². The average Bonchev–Trinajstić information content (AvgIpc) is 2.57. The summed E-state index contributed by atoms with van der Waals surface area (Å²) in [7, 11) is 0. The minimum Gasteiger partial charge on any atom is -0.311 e. The van der Waals surface area contributed by atoms with Gasteiger partial charge in [0.1, 0.15) is 0 Å². The van der Waals surface area contributed by atoms with Gasteiger partial charge in [-0.2, -0.15) is 11.8 Å². The number of nitrogens with one attached hydrogen (secondary N) is 1. The van der Waals surface area contributed by atoms with E-state index < -0.39 is 0 Å². The highest BCUT2D eigenvalue weighted by Crippen LogP contribution is 2.11. The predicted molar refractivity (Wildman–Crippen MR) is 70.7 cm³/mol. The molecule has 1 aromatic heterocycles. The summed E-state index contributed by atoms with van der Waals surface area (Å²) in [6.07, 6.45) is 0. The van der Waals surface area contributed by atoms with Crippen LogP contribution in [0, 0.1) is 12.8 Å². The topological polar surface area (TPSA) is 24.9 Å². The van der Waals surface area contributed by atoms with Gasteiger partial charge in [-0.1, -0.05) is 13.8 Å². The van der Waals surface area contributed by atoms with Crippen LogP contribution in [0.5, 0.6) is 0 Å². The highest BCUT2D eigenvalue weighted by atomic mass is 32.2. The molecule has 0 saturated carbocycles. The monoisotopic (exact) mass is 244 g/mol. The number of thioether (sulfide) groups is 1. The van der Waals surface area contributed by atoms with Crippen molar-refractivity contribution in [2.75, 3.05) is 18.1 Å². The lowest BCUT2D eigenvalue weighted by Gasteiger charge is -2.05. The van der Waals surface area contributed by atoms with Gasteiger partial charge in [0.15, 0.2) is 0 Å². The molecule has 0 aliphatic rings. The molecule has 0 bridgehead atoms. The minimum atomic E-state index is 0.804. The van der Waals surface area contributed by atoms with E-state index in [4.69, 9.17) is 0 Å². The lowest BCUT2D eigenvalue weighted by atomic mass is 10.3. The maximum atomic E-state index is 4.23. The van der Waals surface area contributed by atoms with Gasteiger partial charge in [0.25, 0.3) is 0 Å². The van der Waals surface area contributed by atoms with Crippen LogP contribution in [0.1, 0.15) is 24.4 Å². The number of rotatable bonds is 7. The Morgan fingerprint density at radius 2 is 2.33 bits per heavy atom. The first-order valence-corrected chi connectivity index (χ1v) is 7.41. The maximum absolute atomic E-state index is 4.23. The fourth-order valence-electron chi connectivity index (χ4n) is 1.16. The van der Waals surface area contributed by atoms with Gasteiger partial charge in [0.05, 0.1) is 11.2 Å². The summed E-state index contributed by atoms with van der Waals surface area (Å²) in [5, 5.41) is 3.45. The fraction of sp³-hybridized carbons (Fsp3) is 0.727. The Morgan fingerprint density at radius 1 is 1.53 bits per heavy atom. The number of hydrogen-bond acceptors (Lipinski definition) is 4. The molecule has 0 aliphatic heterocycles. The van der Waals surface area contributed by atoms with E-state index in [-0.39, 0.29) is 0 Å². The van der Waals surface area contributed by atoms with E-state index >= 15 is 0 Å². The summed E-state index contributed by atoms with van der Waals surface area (Å²) in [6, 6.07) is 0. The average molecular weight is 244 g/mol. The first kappa shape index (κ1) is 13.0. The van der Waals surface area contributed by atoms with Crippen molar-refractivity contribution in [1.29, 1.82) is 0 Å². The Bertz CT molecular complexity index is 271. The van der Waals surface area contributed by atoms with Gasteiger partial charge < -0.3 is 5.32 Å². The molecule has 86 valence electrons. The Kier molecular flexibility index (Phi) is 6.29. The molecule has 0 fully saturated rings. The van der Waals surface area contributed by atoms with Crippen molar-refractivity contribution >= 4 is 23.1 Å². The normalized spacial score (nSPS) is 11.2. The molecule has 0 amide bonds. The second-order valence-corrected chi connectivity index (χ2v) is 6.10. The molecule has 0 aliphatic carbocycles. The Balaban J connectivity index is 2.00. The van der Waals surface area contributed by atoms with Crippen molar-refractivity contribution < 1.29 is 0 Å². The van der Waals surface area contributed by atoms with Gasteiger partial charge in [0.2, 0.25) is 0 Å². The molecule has 0 unspecified atom stereocenters. The summed E-state index contributed by atoms with van der Waals surface area (Å²) >= 11 is 3.77. The van der Waals surface area contributed by atoms with Crippen molar-refractivity contribution in [3.63, 3.8) is 0 Å². The van der Waals surface area contributed by atoms with Crippen LogP contribution in [0.3, 0.4) is 0 Å². The van der Waals surface area contributed by atoms with E-state index in [0.29, 0.717) is 0 Å². The molecule has 0 saturated heterocycles. The Labute approximate surface area is 101 Å². The first-order valence-electron chi connectivity index (χ1n) is 5.37. The summed E-state index contributed by atoms with van der Waals surface area (Å²) in [5.41, 5.74) is 3.09. The SMILES string of the molecule is Cc1ncsc1CNCCSCC(C)C. The largest absolute Gasteiger partial charge is 0.311 e. The van der Waals surface area contributed by atoms with Gasteiger partial charge >= 0.3 is 0 Å². The number of thiazole rings is 1. The van der Waals surface area contributed by atoms with E-state index in [2.05, 4.69) is 31.1 Å². The molecule has 1 rings (SSSR count). The zero-order chi connectivity index (χ0) is 11.1. The van der Waals surface area contributed by atoms with Crippen molar-refractivity contribution in [3.8, 4) is 0 Å². The lowest BCUT2D eigenvalue weighted by Crippen LogP contribution is -2.16. The van der Waals surface area contributed by atoms with Crippen LogP contribution in [-0.4, -0.2) is 23.0 Å². The number of aromatic nitrogens is 1. The van der Waals surface area contributed by atoms with E-state index in [9.17, 15) is 0 Å². The van der Waals surface area contributed by atoms with E-state index in [1.165, 1.54) is 22.1 Å². The first-order chi connectivity index (χ1) is 7.20. The number of hydrogen-bond donors (Lipinski definition) is 1. The fourth-order valence-corrected chi connectivity index (χ4v) is 2.83. The highest BCUT2D eigenvalue weighted by molar-refractivity contribution is 7.99.